The van der Waals surface area contributed by atoms with Gasteiger partial charge in [-0.2, -0.15) is 0 Å². The number of nitrogens with zero attached hydrogens (tertiary/aromatic N) is 2. The molecule has 4 rings (SSSR count). The van der Waals surface area contributed by atoms with Crippen LogP contribution in [0.3, 0.4) is 0 Å². The minimum absolute atomic E-state index is 0.0482. The number of amides is 1. The van der Waals surface area contributed by atoms with Gasteiger partial charge in [0.05, 0.1) is 5.92 Å². The van der Waals surface area contributed by atoms with Crippen LogP contribution in [0.2, 0.25) is 0 Å². The highest BCUT2D eigenvalue weighted by Gasteiger charge is 2.27. The van der Waals surface area contributed by atoms with E-state index in [0.29, 0.717) is 18.2 Å². The fourth-order valence-corrected chi connectivity index (χ4v) is 5.92. The highest BCUT2D eigenvalue weighted by molar-refractivity contribution is 6.00. The van der Waals surface area contributed by atoms with Crippen molar-refractivity contribution in [3.05, 3.63) is 76.4 Å². The van der Waals surface area contributed by atoms with Gasteiger partial charge in [0.25, 0.3) is 5.91 Å². The highest BCUT2D eigenvalue weighted by atomic mass is 16.2. The minimum atomic E-state index is -0.320. The Morgan fingerprint density at radius 1 is 0.949 bits per heavy atom. The molecule has 6 heteroatoms. The SMILES string of the molecule is CC1=CC(=O)C(CNC(=O)c2cc(-c3ccc(CN(C)C)cc3)cc(N(C)C3CCC(N)CC3)c2C)C(C)=C1. The van der Waals surface area contributed by atoms with Crippen LogP contribution in [0.4, 0.5) is 5.69 Å². The molecule has 2 aromatic carbocycles. The summed E-state index contributed by atoms with van der Waals surface area (Å²) in [6.45, 7) is 7.08. The fraction of sp³-hybridized carbons (Fsp3) is 0.455. The van der Waals surface area contributed by atoms with Gasteiger partial charge in [-0.3, -0.25) is 9.59 Å². The number of nitrogens with two attached hydrogens (primary N) is 1. The zero-order valence-corrected chi connectivity index (χ0v) is 24.4. The average molecular weight is 529 g/mol. The van der Waals surface area contributed by atoms with E-state index in [1.807, 2.05) is 32.9 Å². The molecule has 1 amide bonds. The first kappa shape index (κ1) is 28.8. The first-order valence-electron chi connectivity index (χ1n) is 14.1. The largest absolute Gasteiger partial charge is 0.371 e. The van der Waals surface area contributed by atoms with Crippen LogP contribution < -0.4 is 16.0 Å². The molecule has 3 N–H and O–H groups in total. The number of hydrogen-bond donors (Lipinski definition) is 2. The van der Waals surface area contributed by atoms with E-state index < -0.39 is 0 Å². The summed E-state index contributed by atoms with van der Waals surface area (Å²) >= 11 is 0. The third-order valence-corrected chi connectivity index (χ3v) is 8.27. The summed E-state index contributed by atoms with van der Waals surface area (Å²) in [4.78, 5) is 30.8. The van der Waals surface area contributed by atoms with Crippen LogP contribution >= 0.6 is 0 Å². The zero-order chi connectivity index (χ0) is 28.3. The van der Waals surface area contributed by atoms with Crippen LogP contribution in [0.5, 0.6) is 0 Å². The molecule has 0 saturated heterocycles. The van der Waals surface area contributed by atoms with Gasteiger partial charge < -0.3 is 20.9 Å². The van der Waals surface area contributed by atoms with Crippen molar-refractivity contribution in [1.82, 2.24) is 10.2 Å². The molecular formula is C33H44N4O2. The Bertz CT molecular complexity index is 1270. The Kier molecular flexibility index (Phi) is 9.08. The molecule has 2 aromatic rings. The number of allylic oxidation sites excluding steroid dienone is 3. The molecule has 0 aromatic heterocycles. The minimum Gasteiger partial charge on any atom is -0.371 e. The third kappa shape index (κ3) is 6.87. The molecule has 0 radical (unpaired) electrons. The smallest absolute Gasteiger partial charge is 0.251 e. The van der Waals surface area contributed by atoms with E-state index in [-0.39, 0.29) is 23.7 Å². The van der Waals surface area contributed by atoms with Crippen molar-refractivity contribution in [3.8, 4) is 11.1 Å². The van der Waals surface area contributed by atoms with Gasteiger partial charge in [0.2, 0.25) is 0 Å². The van der Waals surface area contributed by atoms with Crippen LogP contribution in [-0.4, -0.2) is 56.4 Å². The Labute approximate surface area is 233 Å². The zero-order valence-electron chi connectivity index (χ0n) is 24.4. The summed E-state index contributed by atoms with van der Waals surface area (Å²) in [6.07, 6.45) is 7.82. The summed E-state index contributed by atoms with van der Waals surface area (Å²) in [6, 6.07) is 13.5. The molecule has 0 aliphatic heterocycles. The highest BCUT2D eigenvalue weighted by Crippen LogP contribution is 2.34. The van der Waals surface area contributed by atoms with Crippen molar-refractivity contribution in [2.24, 2.45) is 11.7 Å². The van der Waals surface area contributed by atoms with E-state index in [4.69, 9.17) is 5.73 Å². The monoisotopic (exact) mass is 528 g/mol. The van der Waals surface area contributed by atoms with E-state index >= 15 is 0 Å². The standard InChI is InChI=1S/C33H44N4O2/c1-21-15-22(2)30(32(38)16-21)19-35-33(39)29-17-26(25-9-7-24(8-10-25)20-36(4)5)18-31(23(29)3)37(6)28-13-11-27(34)12-14-28/h7-10,15-18,27-28,30H,11-14,19-20,34H2,1-6H3,(H,35,39). The first-order valence-corrected chi connectivity index (χ1v) is 14.1. The van der Waals surface area contributed by atoms with Gasteiger partial charge in [-0.25, -0.2) is 0 Å². The Balaban J connectivity index is 1.65. The van der Waals surface area contributed by atoms with E-state index in [2.05, 4.69) is 66.6 Å². The van der Waals surface area contributed by atoms with Crippen molar-refractivity contribution >= 4 is 17.4 Å². The predicted octanol–water partition coefficient (Wildman–Crippen LogP) is 5.25. The lowest BCUT2D eigenvalue weighted by molar-refractivity contribution is -0.117. The first-order chi connectivity index (χ1) is 18.5. The Hall–Kier alpha value is -3.22. The van der Waals surface area contributed by atoms with Crippen LogP contribution in [-0.2, 0) is 11.3 Å². The van der Waals surface area contributed by atoms with Gasteiger partial charge in [-0.15, -0.1) is 0 Å². The maximum Gasteiger partial charge on any atom is 0.251 e. The summed E-state index contributed by atoms with van der Waals surface area (Å²) in [5.41, 5.74) is 14.1. The number of nitrogens with one attached hydrogen (secondary N) is 1. The predicted molar refractivity (Wildman–Crippen MR) is 161 cm³/mol. The van der Waals surface area contributed by atoms with Crippen molar-refractivity contribution in [2.45, 2.75) is 65.1 Å². The number of hydrogen-bond acceptors (Lipinski definition) is 5. The maximum absolute atomic E-state index is 13.6. The molecule has 0 heterocycles. The molecule has 208 valence electrons. The molecule has 2 aliphatic rings. The second-order valence-corrected chi connectivity index (χ2v) is 11.7. The Morgan fingerprint density at radius 2 is 1.62 bits per heavy atom. The van der Waals surface area contributed by atoms with Gasteiger partial charge >= 0.3 is 0 Å². The summed E-state index contributed by atoms with van der Waals surface area (Å²) < 4.78 is 0. The van der Waals surface area contributed by atoms with Crippen LogP contribution in [0.1, 0.15) is 61.0 Å². The molecule has 6 nitrogen and oxygen atoms in total. The lowest BCUT2D eigenvalue weighted by Gasteiger charge is -2.36. The number of ketones is 1. The number of carbonyl (C=O) groups is 2. The third-order valence-electron chi connectivity index (χ3n) is 8.27. The molecule has 1 atom stereocenters. The van der Waals surface area contributed by atoms with E-state index in [1.54, 1.807) is 6.08 Å². The fourth-order valence-electron chi connectivity index (χ4n) is 5.92. The Morgan fingerprint density at radius 3 is 2.23 bits per heavy atom. The van der Waals surface area contributed by atoms with Gasteiger partial charge in [-0.05, 0) is 107 Å². The van der Waals surface area contributed by atoms with Gasteiger partial charge in [0.15, 0.2) is 5.78 Å². The molecule has 39 heavy (non-hydrogen) atoms. The van der Waals surface area contributed by atoms with E-state index in [0.717, 1.165) is 65.8 Å². The van der Waals surface area contributed by atoms with Crippen LogP contribution in [0.15, 0.2) is 59.7 Å². The molecule has 0 bridgehead atoms. The molecule has 0 spiro atoms. The van der Waals surface area contributed by atoms with Gasteiger partial charge in [0, 0.05) is 43.5 Å². The molecule has 1 fully saturated rings. The van der Waals surface area contributed by atoms with Crippen LogP contribution in [0.25, 0.3) is 11.1 Å². The van der Waals surface area contributed by atoms with Gasteiger partial charge in [0.1, 0.15) is 0 Å². The van der Waals surface area contributed by atoms with Crippen molar-refractivity contribution in [1.29, 1.82) is 0 Å². The number of rotatable bonds is 8. The molecule has 2 aliphatic carbocycles. The second kappa shape index (κ2) is 12.3. The lowest BCUT2D eigenvalue weighted by atomic mass is 9.88. The van der Waals surface area contributed by atoms with E-state index in [9.17, 15) is 9.59 Å². The summed E-state index contributed by atoms with van der Waals surface area (Å²) in [7, 11) is 6.27. The molecular weight excluding hydrogens is 484 g/mol. The van der Waals surface area contributed by atoms with Crippen molar-refractivity contribution in [3.63, 3.8) is 0 Å². The van der Waals surface area contributed by atoms with Crippen molar-refractivity contribution in [2.75, 3.05) is 32.6 Å². The molecule has 1 unspecified atom stereocenters. The normalized spacial score (nSPS) is 21.4. The summed E-state index contributed by atoms with van der Waals surface area (Å²) in [5.74, 6) is -0.420. The summed E-state index contributed by atoms with van der Waals surface area (Å²) in [5, 5.41) is 3.08. The van der Waals surface area contributed by atoms with Gasteiger partial charge in [-0.1, -0.05) is 35.9 Å². The van der Waals surface area contributed by atoms with Crippen LogP contribution in [0, 0.1) is 12.8 Å². The number of carbonyl (C=O) groups excluding carboxylic acids is 2. The average Bonchev–Trinajstić information content (AvgIpc) is 2.88. The number of benzene rings is 2. The maximum atomic E-state index is 13.6. The van der Waals surface area contributed by atoms with E-state index in [1.165, 1.54) is 5.56 Å². The second-order valence-electron chi connectivity index (χ2n) is 11.7. The number of anilines is 1. The topological polar surface area (TPSA) is 78.7 Å². The van der Waals surface area contributed by atoms with Crippen molar-refractivity contribution < 1.29 is 9.59 Å². The molecule has 1 saturated carbocycles. The quantitative estimate of drug-likeness (QED) is 0.489. The lowest BCUT2D eigenvalue weighted by Crippen LogP contribution is -2.39.